The van der Waals surface area contributed by atoms with Gasteiger partial charge < -0.3 is 4.79 Å². The molecule has 0 aromatic heterocycles. The first-order valence-electron chi connectivity index (χ1n) is 3.52. The standard InChI is InChI=1S/C8H9BrO2/c1-5-2-6(4-10)3-7(9)8(5)11/h3-6H,2H2,1H3. The second kappa shape index (κ2) is 3.30. The van der Waals surface area contributed by atoms with E-state index < -0.39 is 0 Å². The largest absolute Gasteiger partial charge is 0.303 e. The Morgan fingerprint density at radius 3 is 2.82 bits per heavy atom. The van der Waals surface area contributed by atoms with Gasteiger partial charge in [0.1, 0.15) is 6.29 Å². The molecule has 60 valence electrons. The molecule has 0 amide bonds. The molecule has 0 radical (unpaired) electrons. The van der Waals surface area contributed by atoms with Gasteiger partial charge in [0.2, 0.25) is 0 Å². The van der Waals surface area contributed by atoms with Gasteiger partial charge in [0.05, 0.1) is 4.48 Å². The van der Waals surface area contributed by atoms with E-state index in [9.17, 15) is 9.59 Å². The molecule has 0 bridgehead atoms. The Bertz CT molecular complexity index is 220. The Morgan fingerprint density at radius 2 is 2.36 bits per heavy atom. The van der Waals surface area contributed by atoms with Gasteiger partial charge in [0.25, 0.3) is 0 Å². The molecule has 0 heterocycles. The summed E-state index contributed by atoms with van der Waals surface area (Å²) in [5, 5.41) is 0. The SMILES string of the molecule is CC1CC(C=O)C=C(Br)C1=O. The maximum atomic E-state index is 11.2. The van der Waals surface area contributed by atoms with Gasteiger partial charge in [-0.3, -0.25) is 4.79 Å². The molecule has 2 nitrogen and oxygen atoms in total. The predicted octanol–water partition coefficient (Wildman–Crippen LogP) is 1.69. The lowest BCUT2D eigenvalue weighted by Gasteiger charge is -2.18. The first-order valence-corrected chi connectivity index (χ1v) is 4.31. The van der Waals surface area contributed by atoms with Crippen molar-refractivity contribution in [1.82, 2.24) is 0 Å². The summed E-state index contributed by atoms with van der Waals surface area (Å²) in [6, 6.07) is 0. The predicted molar refractivity (Wildman–Crippen MR) is 45.4 cm³/mol. The van der Waals surface area contributed by atoms with Crippen molar-refractivity contribution in [3.8, 4) is 0 Å². The third-order valence-corrected chi connectivity index (χ3v) is 2.50. The maximum absolute atomic E-state index is 11.2. The van der Waals surface area contributed by atoms with Crippen molar-refractivity contribution in [3.05, 3.63) is 10.6 Å². The summed E-state index contributed by atoms with van der Waals surface area (Å²) in [5.74, 6) is -0.00949. The third kappa shape index (κ3) is 1.77. The van der Waals surface area contributed by atoms with Crippen LogP contribution in [0.15, 0.2) is 10.6 Å². The van der Waals surface area contributed by atoms with Gasteiger partial charge >= 0.3 is 0 Å². The van der Waals surface area contributed by atoms with Gasteiger partial charge in [-0.15, -0.1) is 0 Å². The van der Waals surface area contributed by atoms with Crippen LogP contribution < -0.4 is 0 Å². The van der Waals surface area contributed by atoms with E-state index in [0.29, 0.717) is 10.9 Å². The van der Waals surface area contributed by atoms with Gasteiger partial charge in [-0.05, 0) is 22.4 Å². The molecule has 0 fully saturated rings. The topological polar surface area (TPSA) is 34.1 Å². The summed E-state index contributed by atoms with van der Waals surface area (Å²) in [7, 11) is 0. The minimum Gasteiger partial charge on any atom is -0.303 e. The fourth-order valence-corrected chi connectivity index (χ4v) is 1.91. The van der Waals surface area contributed by atoms with E-state index in [0.717, 1.165) is 6.29 Å². The summed E-state index contributed by atoms with van der Waals surface area (Å²) in [6.07, 6.45) is 3.21. The van der Waals surface area contributed by atoms with Crippen LogP contribution in [0.5, 0.6) is 0 Å². The minimum absolute atomic E-state index is 0.0235. The highest BCUT2D eigenvalue weighted by Gasteiger charge is 2.24. The molecule has 3 heteroatoms. The van der Waals surface area contributed by atoms with E-state index >= 15 is 0 Å². The number of allylic oxidation sites excluding steroid dienone is 2. The molecule has 0 saturated heterocycles. The molecule has 1 aliphatic carbocycles. The molecule has 1 aliphatic rings. The second-order valence-electron chi connectivity index (χ2n) is 2.82. The van der Waals surface area contributed by atoms with Crippen LogP contribution in [0.25, 0.3) is 0 Å². The fraction of sp³-hybridized carbons (Fsp3) is 0.500. The second-order valence-corrected chi connectivity index (χ2v) is 3.67. The molecule has 0 N–H and O–H groups in total. The maximum Gasteiger partial charge on any atom is 0.172 e. The number of aldehydes is 1. The van der Waals surface area contributed by atoms with Crippen molar-refractivity contribution in [1.29, 1.82) is 0 Å². The Morgan fingerprint density at radius 1 is 1.73 bits per heavy atom. The summed E-state index contributed by atoms with van der Waals surface area (Å²) in [4.78, 5) is 21.5. The van der Waals surface area contributed by atoms with Gasteiger partial charge in [-0.25, -0.2) is 0 Å². The van der Waals surface area contributed by atoms with E-state index in [1.54, 1.807) is 6.08 Å². The van der Waals surface area contributed by atoms with Gasteiger partial charge in [0, 0.05) is 11.8 Å². The first-order chi connectivity index (χ1) is 5.15. The number of ketones is 1. The lowest BCUT2D eigenvalue weighted by molar-refractivity contribution is -0.119. The first kappa shape index (κ1) is 8.65. The quantitative estimate of drug-likeness (QED) is 0.626. The van der Waals surface area contributed by atoms with Crippen molar-refractivity contribution in [2.45, 2.75) is 13.3 Å². The number of carbonyl (C=O) groups is 2. The average molecular weight is 217 g/mol. The van der Waals surface area contributed by atoms with Crippen LogP contribution in [-0.2, 0) is 9.59 Å². The highest BCUT2D eigenvalue weighted by Crippen LogP contribution is 2.26. The summed E-state index contributed by atoms with van der Waals surface area (Å²) in [5.41, 5.74) is 0. The lowest BCUT2D eigenvalue weighted by atomic mass is 9.88. The van der Waals surface area contributed by atoms with Crippen molar-refractivity contribution in [2.75, 3.05) is 0 Å². The molecule has 0 aromatic rings. The van der Waals surface area contributed by atoms with Gasteiger partial charge in [-0.1, -0.05) is 13.0 Å². The number of halogens is 1. The van der Waals surface area contributed by atoms with E-state index in [1.165, 1.54) is 0 Å². The smallest absolute Gasteiger partial charge is 0.172 e. The van der Waals surface area contributed by atoms with Crippen LogP contribution in [0.2, 0.25) is 0 Å². The zero-order valence-corrected chi connectivity index (χ0v) is 7.80. The molecule has 0 aromatic carbocycles. The Labute approximate surface area is 73.8 Å². The van der Waals surface area contributed by atoms with Crippen LogP contribution >= 0.6 is 15.9 Å². The third-order valence-electron chi connectivity index (χ3n) is 1.84. The van der Waals surface area contributed by atoms with E-state index in [-0.39, 0.29) is 17.6 Å². The molecular formula is C8H9BrO2. The number of hydrogen-bond acceptors (Lipinski definition) is 2. The zero-order chi connectivity index (χ0) is 8.43. The van der Waals surface area contributed by atoms with Crippen molar-refractivity contribution in [3.63, 3.8) is 0 Å². The minimum atomic E-state index is -0.0860. The summed E-state index contributed by atoms with van der Waals surface area (Å²) in [6.45, 7) is 1.84. The monoisotopic (exact) mass is 216 g/mol. The number of carbonyl (C=O) groups excluding carboxylic acids is 2. The highest BCUT2D eigenvalue weighted by molar-refractivity contribution is 9.12. The summed E-state index contributed by atoms with van der Waals surface area (Å²) < 4.78 is 0.549. The molecule has 11 heavy (non-hydrogen) atoms. The molecule has 2 unspecified atom stereocenters. The van der Waals surface area contributed by atoms with Crippen LogP contribution in [0.3, 0.4) is 0 Å². The Hall–Kier alpha value is -0.440. The van der Waals surface area contributed by atoms with Crippen LogP contribution in [0, 0.1) is 11.8 Å². The molecular weight excluding hydrogens is 208 g/mol. The molecule has 2 atom stereocenters. The molecule has 0 aliphatic heterocycles. The van der Waals surface area contributed by atoms with Gasteiger partial charge in [-0.2, -0.15) is 0 Å². The molecule has 0 spiro atoms. The average Bonchev–Trinajstić information content (AvgIpc) is 1.99. The lowest BCUT2D eigenvalue weighted by Crippen LogP contribution is -2.20. The zero-order valence-electron chi connectivity index (χ0n) is 6.21. The van der Waals surface area contributed by atoms with E-state index in [2.05, 4.69) is 15.9 Å². The normalized spacial score (nSPS) is 31.5. The Kier molecular flexibility index (Phi) is 2.60. The van der Waals surface area contributed by atoms with Crippen LogP contribution in [0.4, 0.5) is 0 Å². The fourth-order valence-electron chi connectivity index (χ4n) is 1.18. The van der Waals surface area contributed by atoms with Gasteiger partial charge in [0.15, 0.2) is 5.78 Å². The van der Waals surface area contributed by atoms with E-state index in [4.69, 9.17) is 0 Å². The van der Waals surface area contributed by atoms with Crippen LogP contribution in [0.1, 0.15) is 13.3 Å². The van der Waals surface area contributed by atoms with Crippen molar-refractivity contribution >= 4 is 28.0 Å². The number of hydrogen-bond donors (Lipinski definition) is 0. The highest BCUT2D eigenvalue weighted by atomic mass is 79.9. The van der Waals surface area contributed by atoms with Crippen LogP contribution in [-0.4, -0.2) is 12.1 Å². The van der Waals surface area contributed by atoms with Crippen molar-refractivity contribution < 1.29 is 9.59 Å². The number of rotatable bonds is 1. The summed E-state index contributed by atoms with van der Waals surface area (Å²) >= 11 is 3.13. The molecule has 0 saturated carbocycles. The van der Waals surface area contributed by atoms with Crippen molar-refractivity contribution in [2.24, 2.45) is 11.8 Å². The molecule has 1 rings (SSSR count). The number of Topliss-reactive ketones (excluding diaryl/α,β-unsaturated/α-hetero) is 1. The Balaban J connectivity index is 2.84. The van der Waals surface area contributed by atoms with E-state index in [1.807, 2.05) is 6.92 Å².